The minimum atomic E-state index is -4.45. The molecule has 0 atom stereocenters. The van der Waals surface area contributed by atoms with E-state index < -0.39 is 18.6 Å². The van der Waals surface area contributed by atoms with Crippen LogP contribution in [-0.4, -0.2) is 36.5 Å². The summed E-state index contributed by atoms with van der Waals surface area (Å²) in [6, 6.07) is 9.87. The van der Waals surface area contributed by atoms with Gasteiger partial charge in [0.05, 0.1) is 0 Å². The SMILES string of the molecule is CN(Cc1ccc(C(=O)NCC(F)(F)F)cc1)C(=O)C=Cc1cccs1. The lowest BCUT2D eigenvalue weighted by Crippen LogP contribution is -2.33. The molecule has 138 valence electrons. The molecule has 0 spiro atoms. The van der Waals surface area contributed by atoms with Crippen molar-refractivity contribution in [2.75, 3.05) is 13.6 Å². The molecule has 0 saturated heterocycles. The molecule has 26 heavy (non-hydrogen) atoms. The molecular formula is C18H17F3N2O2S. The van der Waals surface area contributed by atoms with Gasteiger partial charge in [0.25, 0.3) is 5.91 Å². The number of halogens is 3. The van der Waals surface area contributed by atoms with Crippen LogP contribution in [0.25, 0.3) is 6.08 Å². The van der Waals surface area contributed by atoms with Crippen LogP contribution in [0.2, 0.25) is 0 Å². The molecule has 2 rings (SSSR count). The van der Waals surface area contributed by atoms with Gasteiger partial charge in [-0.05, 0) is 35.2 Å². The Labute approximate surface area is 152 Å². The van der Waals surface area contributed by atoms with Gasteiger partial charge in [0, 0.05) is 30.1 Å². The average molecular weight is 382 g/mol. The molecule has 8 heteroatoms. The van der Waals surface area contributed by atoms with Crippen LogP contribution in [0.1, 0.15) is 20.8 Å². The molecule has 1 aromatic carbocycles. The van der Waals surface area contributed by atoms with E-state index in [-0.39, 0.29) is 11.5 Å². The number of nitrogens with one attached hydrogen (secondary N) is 1. The lowest BCUT2D eigenvalue weighted by atomic mass is 10.1. The standard InChI is InChI=1S/C18H17F3N2O2S/c1-23(16(24)9-8-15-3-2-10-26-15)11-13-4-6-14(7-5-13)17(25)22-12-18(19,20)21/h2-10H,11-12H2,1H3,(H,22,25). The van der Waals surface area contributed by atoms with Crippen LogP contribution in [0.5, 0.6) is 0 Å². The number of nitrogens with zero attached hydrogens (tertiary/aromatic N) is 1. The topological polar surface area (TPSA) is 49.4 Å². The molecule has 0 aliphatic heterocycles. The van der Waals surface area contributed by atoms with Gasteiger partial charge in [0.15, 0.2) is 0 Å². The molecule has 4 nitrogen and oxygen atoms in total. The average Bonchev–Trinajstić information content (AvgIpc) is 3.11. The van der Waals surface area contributed by atoms with Gasteiger partial charge in [0.2, 0.25) is 5.91 Å². The fourth-order valence-electron chi connectivity index (χ4n) is 2.06. The highest BCUT2D eigenvalue weighted by atomic mass is 32.1. The van der Waals surface area contributed by atoms with Crippen molar-refractivity contribution in [2.45, 2.75) is 12.7 Å². The molecule has 1 heterocycles. The van der Waals surface area contributed by atoms with Crippen molar-refractivity contribution in [3.8, 4) is 0 Å². The van der Waals surface area contributed by atoms with Crippen LogP contribution in [0, 0.1) is 0 Å². The molecule has 0 aliphatic carbocycles. The van der Waals surface area contributed by atoms with E-state index in [1.165, 1.54) is 34.4 Å². The second-order valence-corrected chi connectivity index (χ2v) is 6.52. The molecule has 1 N–H and O–H groups in total. The second kappa shape index (κ2) is 8.66. The number of carbonyl (C=O) groups excluding carboxylic acids is 2. The van der Waals surface area contributed by atoms with E-state index >= 15 is 0 Å². The number of benzene rings is 1. The predicted octanol–water partition coefficient (Wildman–Crippen LogP) is 3.71. The van der Waals surface area contributed by atoms with E-state index in [0.29, 0.717) is 6.54 Å². The lowest BCUT2D eigenvalue weighted by molar-refractivity contribution is -0.125. The summed E-state index contributed by atoms with van der Waals surface area (Å²) in [6.45, 7) is -1.06. The Morgan fingerprint density at radius 3 is 2.46 bits per heavy atom. The largest absolute Gasteiger partial charge is 0.405 e. The molecule has 0 unspecified atom stereocenters. The minimum Gasteiger partial charge on any atom is -0.343 e. The van der Waals surface area contributed by atoms with Crippen molar-refractivity contribution in [3.63, 3.8) is 0 Å². The zero-order valence-electron chi connectivity index (χ0n) is 13.9. The molecule has 0 fully saturated rings. The van der Waals surface area contributed by atoms with Crippen LogP contribution in [0.4, 0.5) is 13.2 Å². The van der Waals surface area contributed by atoms with E-state index in [0.717, 1.165) is 10.4 Å². The van der Waals surface area contributed by atoms with Crippen molar-refractivity contribution in [1.82, 2.24) is 10.2 Å². The summed E-state index contributed by atoms with van der Waals surface area (Å²) in [5, 5.41) is 3.73. The van der Waals surface area contributed by atoms with Gasteiger partial charge in [-0.3, -0.25) is 9.59 Å². The Morgan fingerprint density at radius 2 is 1.88 bits per heavy atom. The molecule has 0 aliphatic rings. The van der Waals surface area contributed by atoms with Crippen molar-refractivity contribution in [3.05, 3.63) is 63.9 Å². The first kappa shape index (κ1) is 19.7. The number of thiophene rings is 1. The zero-order valence-corrected chi connectivity index (χ0v) is 14.7. The van der Waals surface area contributed by atoms with E-state index in [9.17, 15) is 22.8 Å². The summed E-state index contributed by atoms with van der Waals surface area (Å²) in [7, 11) is 1.64. The summed E-state index contributed by atoms with van der Waals surface area (Å²) in [4.78, 5) is 26.2. The molecule has 1 aromatic heterocycles. The number of amides is 2. The third-order valence-electron chi connectivity index (χ3n) is 3.39. The fourth-order valence-corrected chi connectivity index (χ4v) is 2.68. The van der Waals surface area contributed by atoms with E-state index in [1.54, 1.807) is 25.3 Å². The van der Waals surface area contributed by atoms with Crippen molar-refractivity contribution in [1.29, 1.82) is 0 Å². The van der Waals surface area contributed by atoms with Crippen LogP contribution in [0.15, 0.2) is 47.9 Å². The lowest BCUT2D eigenvalue weighted by Gasteiger charge is -2.15. The highest BCUT2D eigenvalue weighted by Gasteiger charge is 2.27. The normalized spacial score (nSPS) is 11.5. The van der Waals surface area contributed by atoms with Crippen LogP contribution < -0.4 is 5.32 Å². The Bertz CT molecular complexity index is 769. The Morgan fingerprint density at radius 1 is 1.19 bits per heavy atom. The summed E-state index contributed by atoms with van der Waals surface area (Å²) in [6.07, 6.45) is -1.24. The third kappa shape index (κ3) is 6.36. The first-order chi connectivity index (χ1) is 12.2. The smallest absolute Gasteiger partial charge is 0.343 e. The van der Waals surface area contributed by atoms with E-state index in [2.05, 4.69) is 0 Å². The Balaban J connectivity index is 1.89. The maximum absolute atomic E-state index is 12.1. The molecule has 0 bridgehead atoms. The quantitative estimate of drug-likeness (QED) is 0.775. The fraction of sp³-hybridized carbons (Fsp3) is 0.222. The third-order valence-corrected chi connectivity index (χ3v) is 4.23. The van der Waals surface area contributed by atoms with Gasteiger partial charge in [0.1, 0.15) is 6.54 Å². The van der Waals surface area contributed by atoms with E-state index in [4.69, 9.17) is 0 Å². The molecule has 2 aromatic rings. The van der Waals surface area contributed by atoms with Gasteiger partial charge in [-0.2, -0.15) is 13.2 Å². The number of hydrogen-bond donors (Lipinski definition) is 1. The minimum absolute atomic E-state index is 0.129. The van der Waals surface area contributed by atoms with E-state index in [1.807, 2.05) is 22.8 Å². The van der Waals surface area contributed by atoms with Gasteiger partial charge in [-0.1, -0.05) is 18.2 Å². The first-order valence-electron chi connectivity index (χ1n) is 7.65. The number of alkyl halides is 3. The van der Waals surface area contributed by atoms with Crippen LogP contribution >= 0.6 is 11.3 Å². The second-order valence-electron chi connectivity index (χ2n) is 5.54. The van der Waals surface area contributed by atoms with Gasteiger partial charge in [-0.15, -0.1) is 11.3 Å². The summed E-state index contributed by atoms with van der Waals surface area (Å²) < 4.78 is 36.3. The zero-order chi connectivity index (χ0) is 19.2. The highest BCUT2D eigenvalue weighted by Crippen LogP contribution is 2.14. The Hall–Kier alpha value is -2.61. The number of hydrogen-bond acceptors (Lipinski definition) is 3. The van der Waals surface area contributed by atoms with Gasteiger partial charge in [-0.25, -0.2) is 0 Å². The molecule has 2 amide bonds. The summed E-state index contributed by atoms with van der Waals surface area (Å²) >= 11 is 1.52. The first-order valence-corrected chi connectivity index (χ1v) is 8.53. The number of rotatable bonds is 6. The van der Waals surface area contributed by atoms with Gasteiger partial charge < -0.3 is 10.2 Å². The number of likely N-dealkylation sites (N-methyl/N-ethyl adjacent to an activating group) is 1. The van der Waals surface area contributed by atoms with Crippen LogP contribution in [0.3, 0.4) is 0 Å². The van der Waals surface area contributed by atoms with Crippen molar-refractivity contribution in [2.24, 2.45) is 0 Å². The summed E-state index contributed by atoms with van der Waals surface area (Å²) in [5.41, 5.74) is 0.891. The maximum atomic E-state index is 12.1. The highest BCUT2D eigenvalue weighted by molar-refractivity contribution is 7.10. The monoisotopic (exact) mass is 382 g/mol. The molecule has 0 saturated carbocycles. The van der Waals surface area contributed by atoms with Gasteiger partial charge >= 0.3 is 6.18 Å². The molecular weight excluding hydrogens is 365 g/mol. The maximum Gasteiger partial charge on any atom is 0.405 e. The number of carbonyl (C=O) groups is 2. The van der Waals surface area contributed by atoms with Crippen molar-refractivity contribution < 1.29 is 22.8 Å². The summed E-state index contributed by atoms with van der Waals surface area (Å²) in [5.74, 6) is -0.970. The predicted molar refractivity (Wildman–Crippen MR) is 94.7 cm³/mol. The van der Waals surface area contributed by atoms with Crippen molar-refractivity contribution >= 4 is 29.2 Å². The van der Waals surface area contributed by atoms with Crippen LogP contribution in [-0.2, 0) is 11.3 Å². The Kier molecular flexibility index (Phi) is 6.57. The molecule has 0 radical (unpaired) electrons.